The Balaban J connectivity index is 1.99. The van der Waals surface area contributed by atoms with Gasteiger partial charge in [-0.1, -0.05) is 13.0 Å². The number of aryl methyl sites for hydroxylation is 1. The molecule has 6 nitrogen and oxygen atoms in total. The third-order valence-electron chi connectivity index (χ3n) is 4.27. The van der Waals surface area contributed by atoms with E-state index in [2.05, 4.69) is 12.2 Å². The number of rotatable bonds is 5. The molecule has 1 saturated heterocycles. The van der Waals surface area contributed by atoms with E-state index in [0.717, 1.165) is 17.7 Å². The van der Waals surface area contributed by atoms with E-state index in [4.69, 9.17) is 4.74 Å². The van der Waals surface area contributed by atoms with Crippen LogP contribution in [0.4, 0.5) is 5.69 Å². The molecule has 24 heavy (non-hydrogen) atoms. The van der Waals surface area contributed by atoms with Crippen molar-refractivity contribution in [1.29, 1.82) is 0 Å². The molecule has 2 rings (SSSR count). The lowest BCUT2D eigenvalue weighted by Crippen LogP contribution is -2.47. The van der Waals surface area contributed by atoms with Crippen LogP contribution in [0.25, 0.3) is 0 Å². The van der Waals surface area contributed by atoms with Crippen LogP contribution in [0.1, 0.15) is 29.3 Å². The predicted octanol–water partition coefficient (Wildman–Crippen LogP) is 1.75. The second kappa shape index (κ2) is 8.15. The van der Waals surface area contributed by atoms with Crippen LogP contribution < -0.4 is 5.32 Å². The predicted molar refractivity (Wildman–Crippen MR) is 94.3 cm³/mol. The highest BCUT2D eigenvalue weighted by Gasteiger charge is 2.22. The van der Waals surface area contributed by atoms with Crippen LogP contribution in [0.2, 0.25) is 0 Å². The van der Waals surface area contributed by atoms with Crippen molar-refractivity contribution in [2.45, 2.75) is 26.4 Å². The molecule has 0 aromatic heterocycles. The van der Waals surface area contributed by atoms with Gasteiger partial charge in [0.25, 0.3) is 5.91 Å². The van der Waals surface area contributed by atoms with E-state index in [-0.39, 0.29) is 24.5 Å². The van der Waals surface area contributed by atoms with Gasteiger partial charge in [0.15, 0.2) is 0 Å². The Morgan fingerprint density at radius 3 is 2.79 bits per heavy atom. The fourth-order valence-corrected chi connectivity index (χ4v) is 2.68. The van der Waals surface area contributed by atoms with Crippen LogP contribution in [0, 0.1) is 6.92 Å². The van der Waals surface area contributed by atoms with Crippen LogP contribution in [0.5, 0.6) is 0 Å². The maximum Gasteiger partial charge on any atom is 0.253 e. The number of ether oxygens (including phenoxy) is 1. The third-order valence-corrected chi connectivity index (χ3v) is 4.27. The smallest absolute Gasteiger partial charge is 0.253 e. The first-order chi connectivity index (χ1) is 11.4. The summed E-state index contributed by atoms with van der Waals surface area (Å²) < 4.78 is 5.60. The Morgan fingerprint density at radius 1 is 1.38 bits per heavy atom. The maximum atomic E-state index is 12.4. The molecule has 0 bridgehead atoms. The van der Waals surface area contributed by atoms with Crippen LogP contribution in [0.15, 0.2) is 18.2 Å². The zero-order valence-electron chi connectivity index (χ0n) is 15.0. The second-order valence-corrected chi connectivity index (χ2v) is 6.32. The minimum Gasteiger partial charge on any atom is -0.376 e. The first-order valence-electron chi connectivity index (χ1n) is 8.38. The minimum absolute atomic E-state index is 0.0525. The molecule has 2 amide bonds. The van der Waals surface area contributed by atoms with Crippen LogP contribution in [0.3, 0.4) is 0 Å². The van der Waals surface area contributed by atoms with E-state index < -0.39 is 0 Å². The lowest BCUT2D eigenvalue weighted by molar-refractivity contribution is -0.136. The van der Waals surface area contributed by atoms with Crippen molar-refractivity contribution in [3.05, 3.63) is 29.3 Å². The van der Waals surface area contributed by atoms with Gasteiger partial charge in [0.05, 0.1) is 19.3 Å². The molecule has 0 radical (unpaired) electrons. The fourth-order valence-electron chi connectivity index (χ4n) is 2.68. The van der Waals surface area contributed by atoms with Gasteiger partial charge < -0.3 is 19.9 Å². The van der Waals surface area contributed by atoms with Gasteiger partial charge in [-0.25, -0.2) is 0 Å². The number of carbonyl (C=O) groups excluding carboxylic acids is 2. The summed E-state index contributed by atoms with van der Waals surface area (Å²) >= 11 is 0. The number of hydrogen-bond acceptors (Lipinski definition) is 4. The average Bonchev–Trinajstić information content (AvgIpc) is 2.60. The van der Waals surface area contributed by atoms with Crippen LogP contribution >= 0.6 is 0 Å². The molecule has 1 aliphatic rings. The SMILES string of the molecule is CC[C@H]1CN(C(=O)CNc2cc(C(=O)N(C)C)ccc2C)CCO1. The molecule has 0 saturated carbocycles. The Morgan fingerprint density at radius 2 is 2.12 bits per heavy atom. The second-order valence-electron chi connectivity index (χ2n) is 6.32. The first kappa shape index (κ1) is 18.3. The number of benzene rings is 1. The van der Waals surface area contributed by atoms with Gasteiger partial charge in [0, 0.05) is 38.4 Å². The maximum absolute atomic E-state index is 12.4. The molecule has 1 heterocycles. The molecular weight excluding hydrogens is 306 g/mol. The van der Waals surface area contributed by atoms with Crippen LogP contribution in [-0.4, -0.2) is 68.1 Å². The number of anilines is 1. The summed E-state index contributed by atoms with van der Waals surface area (Å²) in [5.41, 5.74) is 2.43. The average molecular weight is 333 g/mol. The Hall–Kier alpha value is -2.08. The molecule has 6 heteroatoms. The van der Waals surface area contributed by atoms with Gasteiger partial charge in [-0.05, 0) is 31.0 Å². The number of morpholine rings is 1. The number of carbonyl (C=O) groups is 2. The molecule has 132 valence electrons. The van der Waals surface area contributed by atoms with E-state index in [1.807, 2.05) is 17.9 Å². The van der Waals surface area contributed by atoms with Crippen molar-refractivity contribution in [2.75, 3.05) is 45.7 Å². The van der Waals surface area contributed by atoms with Crippen LogP contribution in [-0.2, 0) is 9.53 Å². The lowest BCUT2D eigenvalue weighted by atomic mass is 10.1. The van der Waals surface area contributed by atoms with Gasteiger partial charge in [-0.15, -0.1) is 0 Å². The monoisotopic (exact) mass is 333 g/mol. The molecule has 1 atom stereocenters. The van der Waals surface area contributed by atoms with Crippen molar-refractivity contribution in [3.63, 3.8) is 0 Å². The summed E-state index contributed by atoms with van der Waals surface area (Å²) in [5.74, 6) is 0.00355. The van der Waals surface area contributed by atoms with E-state index in [9.17, 15) is 9.59 Å². The van der Waals surface area contributed by atoms with Gasteiger partial charge in [-0.3, -0.25) is 9.59 Å². The highest BCUT2D eigenvalue weighted by atomic mass is 16.5. The number of nitrogens with one attached hydrogen (secondary N) is 1. The van der Waals surface area contributed by atoms with E-state index in [0.29, 0.717) is 25.3 Å². The fraction of sp³-hybridized carbons (Fsp3) is 0.556. The Labute approximate surface area is 143 Å². The Bertz CT molecular complexity index is 601. The normalized spacial score (nSPS) is 17.5. The number of hydrogen-bond donors (Lipinski definition) is 1. The molecule has 1 aromatic rings. The van der Waals surface area contributed by atoms with E-state index in [1.54, 1.807) is 26.2 Å². The van der Waals surface area contributed by atoms with E-state index >= 15 is 0 Å². The molecule has 0 unspecified atom stereocenters. The summed E-state index contributed by atoms with van der Waals surface area (Å²) in [6.07, 6.45) is 1.04. The number of amides is 2. The van der Waals surface area contributed by atoms with Crippen molar-refractivity contribution >= 4 is 17.5 Å². The minimum atomic E-state index is -0.0525. The standard InChI is InChI=1S/C18H27N3O3/c1-5-15-12-21(8-9-24-15)17(22)11-19-16-10-14(7-6-13(16)2)18(23)20(3)4/h6-7,10,15,19H,5,8-9,11-12H2,1-4H3/t15-/m0/s1. The zero-order chi connectivity index (χ0) is 17.7. The number of nitrogens with zero attached hydrogens (tertiary/aromatic N) is 2. The van der Waals surface area contributed by atoms with Crippen molar-refractivity contribution in [1.82, 2.24) is 9.80 Å². The summed E-state index contributed by atoms with van der Waals surface area (Å²) in [6, 6.07) is 5.50. The molecule has 1 aliphatic heterocycles. The third kappa shape index (κ3) is 4.47. The van der Waals surface area contributed by atoms with Crippen molar-refractivity contribution in [2.24, 2.45) is 0 Å². The largest absolute Gasteiger partial charge is 0.376 e. The Kier molecular flexibility index (Phi) is 6.20. The summed E-state index contributed by atoms with van der Waals surface area (Å²) in [6.45, 7) is 6.11. The van der Waals surface area contributed by atoms with Gasteiger partial charge in [0.1, 0.15) is 0 Å². The first-order valence-corrected chi connectivity index (χ1v) is 8.38. The topological polar surface area (TPSA) is 61.9 Å². The summed E-state index contributed by atoms with van der Waals surface area (Å²) in [4.78, 5) is 27.9. The quantitative estimate of drug-likeness (QED) is 0.892. The molecule has 0 spiro atoms. The molecule has 0 aliphatic carbocycles. The highest BCUT2D eigenvalue weighted by Crippen LogP contribution is 2.18. The zero-order valence-corrected chi connectivity index (χ0v) is 15.0. The van der Waals surface area contributed by atoms with Gasteiger partial charge in [-0.2, -0.15) is 0 Å². The van der Waals surface area contributed by atoms with Gasteiger partial charge >= 0.3 is 0 Å². The molecule has 1 fully saturated rings. The highest BCUT2D eigenvalue weighted by molar-refractivity contribution is 5.95. The van der Waals surface area contributed by atoms with Crippen molar-refractivity contribution in [3.8, 4) is 0 Å². The lowest BCUT2D eigenvalue weighted by Gasteiger charge is -2.32. The summed E-state index contributed by atoms with van der Waals surface area (Å²) in [7, 11) is 3.45. The molecule has 1 N–H and O–H groups in total. The molecular formula is C18H27N3O3. The molecule has 1 aromatic carbocycles. The summed E-state index contributed by atoms with van der Waals surface area (Å²) in [5, 5.41) is 3.17. The van der Waals surface area contributed by atoms with E-state index in [1.165, 1.54) is 4.90 Å². The van der Waals surface area contributed by atoms with Crippen molar-refractivity contribution < 1.29 is 14.3 Å². The van der Waals surface area contributed by atoms with Gasteiger partial charge in [0.2, 0.25) is 5.91 Å².